The number of benzene rings is 18. The summed E-state index contributed by atoms with van der Waals surface area (Å²) in [6.45, 7) is 0. The zero-order valence-electron chi connectivity index (χ0n) is 66.2. The van der Waals surface area contributed by atoms with E-state index in [-0.39, 0.29) is 0 Å². The van der Waals surface area contributed by atoms with E-state index in [9.17, 15) is 0 Å². The Morgan fingerprint density at radius 2 is 0.581 bits per heavy atom. The van der Waals surface area contributed by atoms with E-state index in [1.807, 2.05) is 170 Å². The molecule has 0 unspecified atom stereocenters. The first kappa shape index (κ1) is 74.7. The highest BCUT2D eigenvalue weighted by Gasteiger charge is 2.26. The number of hydrogen-bond acceptors (Lipinski definition) is 11. The van der Waals surface area contributed by atoms with E-state index in [4.69, 9.17) is 59.0 Å². The standard InChI is InChI=1S/C42H26N2O3.C25H16O3.C18H12IN.C12H7ClO2.C12H9NO/c1-2-10-27(11-3-1)44-35-14-6-4-12-31(35)34-24-28(19-22-36(34)44)43(29-18-21-33-32-13-5-7-15-37(32)45-41(33)25-29)30-20-23-40-42(26-30)47-39-17-9-8-16-38(39)46-40;1-2-6-20-18(5-1)19-11-9-16(14-24(19)26-20)13-17-10-12-23-25(15-17)28-22-8-4-3-7-21(22)27-23;19-13-10-11-18-16(12-13)15-8-4-5-9-17(15)20(18)14-6-2-1-3-7-14;13-8-5-6-11-12(7-8)15-10-4-2-1-3-9(10)14-11;13-8-5-6-10-9-3-1-2-4-11(9)14-12(10)7-8/h1-26H;1-12,14-15H,13H2;1-12H;1-7H;1-7H,13H2. The predicted octanol–water partition coefficient (Wildman–Crippen LogP) is 31.9. The summed E-state index contributed by atoms with van der Waals surface area (Å²) in [6.07, 6.45) is 0.797. The molecule has 18 aromatic carbocycles. The lowest BCUT2D eigenvalue weighted by Crippen LogP contribution is -2.10. The lowest BCUT2D eigenvalue weighted by Gasteiger charge is -2.27. The molecule has 0 bridgehead atoms. The Hall–Kier alpha value is -15.6. The molecule has 124 heavy (non-hydrogen) atoms. The lowest BCUT2D eigenvalue weighted by atomic mass is 10.0. The SMILES string of the molecule is Clc1ccc2c(c1)Oc1ccccc1O2.Ic1ccc2c(c1)c1ccccc1n2-c1ccccc1.Nc1ccc2c(c1)oc1ccccc12.c1ccc(-n2c3ccccc3c3cc(N(c4ccc5c(c4)Oc4ccccc4O5)c4ccc5c(c4)oc4ccccc45)ccc32)cc1.c1ccc2c(c1)Oc1ccc(Cc3ccc4c(c3)oc3ccccc34)cc1O2. The smallest absolute Gasteiger partial charge is 0.172 e. The van der Waals surface area contributed by atoms with E-state index in [0.29, 0.717) is 45.3 Å². The van der Waals surface area contributed by atoms with Gasteiger partial charge in [-0.25, -0.2) is 0 Å². The number of hydrogen-bond donors (Lipinski definition) is 1. The maximum Gasteiger partial charge on any atom is 0.172 e. The number of nitrogen functional groups attached to an aromatic ring is 1. The van der Waals surface area contributed by atoms with Crippen LogP contribution in [-0.4, -0.2) is 9.13 Å². The van der Waals surface area contributed by atoms with E-state index in [0.717, 1.165) is 141 Å². The maximum atomic E-state index is 6.36. The number of rotatable bonds is 7. The van der Waals surface area contributed by atoms with Gasteiger partial charge < -0.3 is 61.4 Å². The summed E-state index contributed by atoms with van der Waals surface area (Å²) < 4.78 is 59.8. The number of anilines is 4. The number of ether oxygens (including phenoxy) is 6. The highest BCUT2D eigenvalue weighted by atomic mass is 127. The second-order valence-electron chi connectivity index (χ2n) is 30.3. The highest BCUT2D eigenvalue weighted by molar-refractivity contribution is 14.1. The molecule has 15 heteroatoms. The molecule has 13 nitrogen and oxygen atoms in total. The Kier molecular flexibility index (Phi) is 19.2. The fraction of sp³-hybridized carbons (Fsp3) is 0.00917. The molecule has 0 spiro atoms. The van der Waals surface area contributed by atoms with Gasteiger partial charge >= 0.3 is 0 Å². The van der Waals surface area contributed by atoms with Crippen molar-refractivity contribution in [3.05, 3.63) is 420 Å². The number of nitrogens with zero attached hydrogens (tertiary/aromatic N) is 3. The van der Waals surface area contributed by atoms with Crippen molar-refractivity contribution in [2.24, 2.45) is 0 Å². The first-order valence-corrected chi connectivity index (χ1v) is 42.1. The molecule has 0 fully saturated rings. The Bertz CT molecular complexity index is 8070. The molecule has 594 valence electrons. The van der Waals surface area contributed by atoms with Crippen LogP contribution in [0.25, 0.3) is 121 Å². The second kappa shape index (κ2) is 31.8. The van der Waals surface area contributed by atoms with Crippen molar-refractivity contribution in [2.75, 3.05) is 10.6 Å². The fourth-order valence-corrected chi connectivity index (χ4v) is 17.4. The van der Waals surface area contributed by atoms with Gasteiger partial charge in [0.25, 0.3) is 0 Å². The molecule has 5 aromatic heterocycles. The van der Waals surface area contributed by atoms with Crippen molar-refractivity contribution in [3.8, 4) is 80.4 Å². The van der Waals surface area contributed by atoms with Crippen molar-refractivity contribution in [3.63, 3.8) is 0 Å². The van der Waals surface area contributed by atoms with Crippen molar-refractivity contribution >= 4 is 166 Å². The van der Waals surface area contributed by atoms with E-state index in [1.54, 1.807) is 18.2 Å². The van der Waals surface area contributed by atoms with E-state index < -0.39 is 0 Å². The molecule has 0 aliphatic carbocycles. The van der Waals surface area contributed by atoms with Crippen molar-refractivity contribution < 1.29 is 41.7 Å². The summed E-state index contributed by atoms with van der Waals surface area (Å²) in [5.74, 6) is 8.53. The van der Waals surface area contributed by atoms with Crippen LogP contribution in [0.4, 0.5) is 22.7 Å². The average Bonchev–Trinajstić information content (AvgIpc) is 1.59. The minimum absolute atomic E-state index is 0.636. The monoisotopic (exact) mass is 1740 g/mol. The number of fused-ring (bicyclic) bond motifs is 21. The Labute approximate surface area is 729 Å². The third-order valence-electron chi connectivity index (χ3n) is 22.4. The molecule has 0 saturated carbocycles. The number of para-hydroxylation sites is 13. The number of halogens is 2. The summed E-state index contributed by atoms with van der Waals surface area (Å²) >= 11 is 8.24. The van der Waals surface area contributed by atoms with Crippen LogP contribution < -0.4 is 39.1 Å². The molecule has 0 saturated heterocycles. The second-order valence-corrected chi connectivity index (χ2v) is 32.0. The van der Waals surface area contributed by atoms with Crippen LogP contribution in [-0.2, 0) is 6.42 Å². The first-order chi connectivity index (χ1) is 61.1. The Morgan fingerprint density at radius 3 is 1.12 bits per heavy atom. The van der Waals surface area contributed by atoms with Gasteiger partial charge in [-0.2, -0.15) is 0 Å². The normalized spacial score (nSPS) is 11.9. The van der Waals surface area contributed by atoms with Gasteiger partial charge in [0, 0.05) is 115 Å². The van der Waals surface area contributed by atoms with Crippen molar-refractivity contribution in [1.29, 1.82) is 0 Å². The molecule has 23 aromatic rings. The van der Waals surface area contributed by atoms with Gasteiger partial charge in [-0.1, -0.05) is 194 Å². The van der Waals surface area contributed by atoms with Crippen molar-refractivity contribution in [2.45, 2.75) is 6.42 Å². The van der Waals surface area contributed by atoms with Gasteiger partial charge in [-0.05, 0) is 234 Å². The van der Waals surface area contributed by atoms with Crippen LogP contribution >= 0.6 is 34.2 Å². The van der Waals surface area contributed by atoms with Crippen LogP contribution in [0.3, 0.4) is 0 Å². The van der Waals surface area contributed by atoms with Crippen LogP contribution in [0.15, 0.2) is 414 Å². The third-order valence-corrected chi connectivity index (χ3v) is 23.3. The summed E-state index contributed by atoms with van der Waals surface area (Å²) in [4.78, 5) is 2.25. The highest BCUT2D eigenvalue weighted by Crippen LogP contribution is 2.52. The van der Waals surface area contributed by atoms with Gasteiger partial charge in [0.05, 0.1) is 27.8 Å². The zero-order valence-corrected chi connectivity index (χ0v) is 69.1. The van der Waals surface area contributed by atoms with Gasteiger partial charge in [0.1, 0.15) is 33.5 Å². The summed E-state index contributed by atoms with van der Waals surface area (Å²) in [6, 6.07) is 135. The zero-order chi connectivity index (χ0) is 82.7. The number of nitrogens with two attached hydrogens (primary N) is 1. The van der Waals surface area contributed by atoms with Crippen LogP contribution in [0.5, 0.6) is 69.0 Å². The van der Waals surface area contributed by atoms with E-state index in [2.05, 4.69) is 249 Å². The maximum absolute atomic E-state index is 6.36. The summed E-state index contributed by atoms with van der Waals surface area (Å²) in [5, 5.41) is 12.4. The fourth-order valence-electron chi connectivity index (χ4n) is 16.8. The Morgan fingerprint density at radius 1 is 0.242 bits per heavy atom. The number of furan rings is 3. The van der Waals surface area contributed by atoms with Gasteiger partial charge in [0.15, 0.2) is 69.0 Å². The topological polar surface area (TPSA) is 134 Å². The molecule has 0 atom stereocenters. The minimum atomic E-state index is 0.636. The molecule has 3 aliphatic heterocycles. The average molecular weight is 1740 g/mol. The van der Waals surface area contributed by atoms with Gasteiger partial charge in [-0.3, -0.25) is 0 Å². The van der Waals surface area contributed by atoms with Crippen molar-refractivity contribution in [1.82, 2.24) is 9.13 Å². The quantitative estimate of drug-likeness (QED) is 0.121. The van der Waals surface area contributed by atoms with Crippen LogP contribution in [0, 0.1) is 3.57 Å². The van der Waals surface area contributed by atoms with Crippen LogP contribution in [0.2, 0.25) is 5.02 Å². The molecule has 0 radical (unpaired) electrons. The Balaban J connectivity index is 0.000000100. The lowest BCUT2D eigenvalue weighted by molar-refractivity contribution is 0.359. The van der Waals surface area contributed by atoms with E-state index in [1.165, 1.54) is 52.9 Å². The summed E-state index contributed by atoms with van der Waals surface area (Å²) in [5.41, 5.74) is 24.2. The van der Waals surface area contributed by atoms with Gasteiger partial charge in [-0.15, -0.1) is 0 Å². The molecule has 8 heterocycles. The first-order valence-electron chi connectivity index (χ1n) is 40.7. The molecule has 2 N–H and O–H groups in total. The van der Waals surface area contributed by atoms with Gasteiger partial charge in [0.2, 0.25) is 0 Å². The van der Waals surface area contributed by atoms with E-state index >= 15 is 0 Å². The molecule has 3 aliphatic rings. The predicted molar refractivity (Wildman–Crippen MR) is 509 cm³/mol. The molecule has 0 amide bonds. The minimum Gasteiger partial charge on any atom is -0.456 e. The third kappa shape index (κ3) is 14.2. The molecular weight excluding hydrogens is 1670 g/mol. The molecule has 26 rings (SSSR count). The molecular formula is C109H70ClIN4O9. The summed E-state index contributed by atoms with van der Waals surface area (Å²) in [7, 11) is 0. The largest absolute Gasteiger partial charge is 0.456 e. The number of aromatic nitrogens is 2. The van der Waals surface area contributed by atoms with Crippen LogP contribution in [0.1, 0.15) is 11.1 Å².